The normalized spacial score (nSPS) is 12.6. The van der Waals surface area contributed by atoms with Gasteiger partial charge in [0.1, 0.15) is 0 Å². The number of aliphatic hydroxyl groups excluding tert-OH is 1. The molecule has 0 saturated carbocycles. The van der Waals surface area contributed by atoms with E-state index in [-0.39, 0.29) is 11.0 Å². The van der Waals surface area contributed by atoms with Crippen LogP contribution in [0, 0.1) is 0 Å². The van der Waals surface area contributed by atoms with Crippen molar-refractivity contribution in [2.24, 2.45) is 0 Å². The summed E-state index contributed by atoms with van der Waals surface area (Å²) in [6.07, 6.45) is -0.706. The third-order valence-electron chi connectivity index (χ3n) is 1.71. The molecule has 0 aliphatic heterocycles. The quantitative estimate of drug-likeness (QED) is 0.764. The predicted molar refractivity (Wildman–Crippen MR) is 52.5 cm³/mol. The fourth-order valence-electron chi connectivity index (χ4n) is 1.07. The van der Waals surface area contributed by atoms with Crippen LogP contribution in [0.1, 0.15) is 11.7 Å². The van der Waals surface area contributed by atoms with Crippen LogP contribution in [0.4, 0.5) is 0 Å². The highest BCUT2D eigenvalue weighted by Gasteiger charge is 2.14. The highest BCUT2D eigenvalue weighted by molar-refractivity contribution is 6.29. The van der Waals surface area contributed by atoms with Crippen LogP contribution in [0.2, 0.25) is 5.15 Å². The summed E-state index contributed by atoms with van der Waals surface area (Å²) in [7, 11) is 3.21. The summed E-state index contributed by atoms with van der Waals surface area (Å²) in [6.45, 7) is 0.401. The molecule has 1 aromatic heterocycles. The lowest BCUT2D eigenvalue weighted by Crippen LogP contribution is -2.17. The summed E-state index contributed by atoms with van der Waals surface area (Å²) < 4.78 is 4.95. The van der Waals surface area contributed by atoms with Gasteiger partial charge in [-0.15, -0.1) is 10.2 Å². The first-order chi connectivity index (χ1) is 6.69. The molecule has 0 amide bonds. The van der Waals surface area contributed by atoms with Crippen LogP contribution in [-0.2, 0) is 0 Å². The molecule has 2 N–H and O–H groups in total. The van der Waals surface area contributed by atoms with E-state index in [2.05, 4.69) is 15.5 Å². The van der Waals surface area contributed by atoms with Gasteiger partial charge >= 0.3 is 0 Å². The Morgan fingerprint density at radius 1 is 1.64 bits per heavy atom. The minimum absolute atomic E-state index is 0.232. The standard InChI is InChI=1S/C8H12ClN3O2/c1-10-4-6(13)5-3-7(9)11-12-8(5)14-2/h3,6,10,13H,4H2,1-2H3. The Labute approximate surface area is 87.1 Å². The van der Waals surface area contributed by atoms with Crippen LogP contribution in [0.15, 0.2) is 6.07 Å². The van der Waals surface area contributed by atoms with Gasteiger partial charge in [0.2, 0.25) is 5.88 Å². The zero-order valence-electron chi connectivity index (χ0n) is 7.99. The Balaban J connectivity index is 2.97. The summed E-state index contributed by atoms with van der Waals surface area (Å²) in [5.74, 6) is 0.289. The Morgan fingerprint density at radius 2 is 2.36 bits per heavy atom. The minimum atomic E-state index is -0.706. The third kappa shape index (κ3) is 2.54. The van der Waals surface area contributed by atoms with E-state index in [0.29, 0.717) is 12.1 Å². The second-order valence-electron chi connectivity index (χ2n) is 2.71. The molecule has 0 bridgehead atoms. The third-order valence-corrected chi connectivity index (χ3v) is 1.89. The van der Waals surface area contributed by atoms with Crippen LogP contribution in [-0.4, -0.2) is 36.0 Å². The molecule has 14 heavy (non-hydrogen) atoms. The number of nitrogens with one attached hydrogen (secondary N) is 1. The second kappa shape index (κ2) is 5.09. The largest absolute Gasteiger partial charge is 0.480 e. The molecule has 0 aromatic carbocycles. The monoisotopic (exact) mass is 217 g/mol. The van der Waals surface area contributed by atoms with Gasteiger partial charge in [-0.3, -0.25) is 0 Å². The number of rotatable bonds is 4. The topological polar surface area (TPSA) is 67.3 Å². The highest BCUT2D eigenvalue weighted by Crippen LogP contribution is 2.23. The first-order valence-corrected chi connectivity index (χ1v) is 4.46. The highest BCUT2D eigenvalue weighted by atomic mass is 35.5. The summed E-state index contributed by atoms with van der Waals surface area (Å²) in [4.78, 5) is 0. The van der Waals surface area contributed by atoms with E-state index in [9.17, 15) is 5.11 Å². The van der Waals surface area contributed by atoms with Crippen molar-refractivity contribution in [1.29, 1.82) is 0 Å². The van der Waals surface area contributed by atoms with Crippen molar-refractivity contribution in [2.45, 2.75) is 6.10 Å². The first-order valence-electron chi connectivity index (χ1n) is 4.08. The van der Waals surface area contributed by atoms with E-state index in [0.717, 1.165) is 0 Å². The number of aliphatic hydroxyl groups is 1. The minimum Gasteiger partial charge on any atom is -0.480 e. The molecule has 1 heterocycles. The van der Waals surface area contributed by atoms with Crippen molar-refractivity contribution in [2.75, 3.05) is 20.7 Å². The smallest absolute Gasteiger partial charge is 0.239 e. The van der Waals surface area contributed by atoms with E-state index in [1.165, 1.54) is 13.2 Å². The fourth-order valence-corrected chi connectivity index (χ4v) is 1.23. The molecule has 0 fully saturated rings. The van der Waals surface area contributed by atoms with E-state index < -0.39 is 6.10 Å². The Morgan fingerprint density at radius 3 is 2.93 bits per heavy atom. The molecule has 1 unspecified atom stereocenters. The number of nitrogens with zero attached hydrogens (tertiary/aromatic N) is 2. The number of ether oxygens (including phenoxy) is 1. The number of methoxy groups -OCH3 is 1. The van der Waals surface area contributed by atoms with E-state index >= 15 is 0 Å². The van der Waals surface area contributed by atoms with Crippen LogP contribution in [0.3, 0.4) is 0 Å². The zero-order valence-corrected chi connectivity index (χ0v) is 8.75. The van der Waals surface area contributed by atoms with Gasteiger partial charge in [0.15, 0.2) is 5.15 Å². The molecule has 1 atom stereocenters. The van der Waals surface area contributed by atoms with Crippen molar-refractivity contribution in [1.82, 2.24) is 15.5 Å². The van der Waals surface area contributed by atoms with Gasteiger partial charge in [0.05, 0.1) is 13.2 Å². The van der Waals surface area contributed by atoms with E-state index in [1.807, 2.05) is 0 Å². The van der Waals surface area contributed by atoms with Gasteiger partial charge in [0.25, 0.3) is 0 Å². The second-order valence-corrected chi connectivity index (χ2v) is 3.09. The molecule has 0 radical (unpaired) electrons. The predicted octanol–water partition coefficient (Wildman–Crippen LogP) is 0.391. The van der Waals surface area contributed by atoms with E-state index in [4.69, 9.17) is 16.3 Å². The molecular formula is C8H12ClN3O2. The Bertz CT molecular complexity index is 309. The SMILES string of the molecule is CNCC(O)c1cc(Cl)nnc1OC. The van der Waals surface area contributed by atoms with Crippen molar-refractivity contribution in [3.05, 3.63) is 16.8 Å². The van der Waals surface area contributed by atoms with Crippen molar-refractivity contribution < 1.29 is 9.84 Å². The number of hydrogen-bond acceptors (Lipinski definition) is 5. The molecule has 0 spiro atoms. The van der Waals surface area contributed by atoms with E-state index in [1.54, 1.807) is 7.05 Å². The summed E-state index contributed by atoms with van der Waals surface area (Å²) in [5, 5.41) is 20.1. The number of halogens is 1. The molecule has 0 saturated heterocycles. The fraction of sp³-hybridized carbons (Fsp3) is 0.500. The van der Waals surface area contributed by atoms with Crippen LogP contribution >= 0.6 is 11.6 Å². The molecule has 6 heteroatoms. The summed E-state index contributed by atoms with van der Waals surface area (Å²) in [6, 6.07) is 1.54. The van der Waals surface area contributed by atoms with Crippen molar-refractivity contribution in [3.63, 3.8) is 0 Å². The Kier molecular flexibility index (Phi) is 4.06. The lowest BCUT2D eigenvalue weighted by Gasteiger charge is -2.12. The molecule has 1 aromatic rings. The lowest BCUT2D eigenvalue weighted by molar-refractivity contribution is 0.172. The van der Waals surface area contributed by atoms with Crippen LogP contribution < -0.4 is 10.1 Å². The lowest BCUT2D eigenvalue weighted by atomic mass is 10.1. The molecule has 0 aliphatic carbocycles. The van der Waals surface area contributed by atoms with Gasteiger partial charge in [-0.05, 0) is 13.1 Å². The molecule has 78 valence electrons. The number of aromatic nitrogens is 2. The first kappa shape index (κ1) is 11.2. The van der Waals surface area contributed by atoms with Crippen molar-refractivity contribution in [3.8, 4) is 5.88 Å². The van der Waals surface area contributed by atoms with Crippen LogP contribution in [0.25, 0.3) is 0 Å². The number of likely N-dealkylation sites (N-methyl/N-ethyl adjacent to an activating group) is 1. The molecule has 5 nitrogen and oxygen atoms in total. The Hall–Kier alpha value is -0.910. The van der Waals surface area contributed by atoms with Gasteiger partial charge in [-0.25, -0.2) is 0 Å². The average Bonchev–Trinajstić information content (AvgIpc) is 2.18. The van der Waals surface area contributed by atoms with Crippen molar-refractivity contribution >= 4 is 11.6 Å². The zero-order chi connectivity index (χ0) is 10.6. The average molecular weight is 218 g/mol. The maximum atomic E-state index is 9.69. The van der Waals surface area contributed by atoms with Gasteiger partial charge in [0, 0.05) is 12.1 Å². The molecular weight excluding hydrogens is 206 g/mol. The molecule has 1 rings (SSSR count). The maximum Gasteiger partial charge on any atom is 0.239 e. The van der Waals surface area contributed by atoms with Gasteiger partial charge in [-0.2, -0.15) is 0 Å². The van der Waals surface area contributed by atoms with Gasteiger partial charge < -0.3 is 15.2 Å². The number of hydrogen-bond donors (Lipinski definition) is 2. The van der Waals surface area contributed by atoms with Gasteiger partial charge in [-0.1, -0.05) is 11.6 Å². The molecule has 0 aliphatic rings. The summed E-state index contributed by atoms with van der Waals surface area (Å²) in [5.41, 5.74) is 0.529. The maximum absolute atomic E-state index is 9.69. The van der Waals surface area contributed by atoms with Crippen LogP contribution in [0.5, 0.6) is 5.88 Å². The summed E-state index contributed by atoms with van der Waals surface area (Å²) >= 11 is 5.66.